The standard InChI is InChI=1S/C24H22FN5O3S/c1-16-6-11-22(13-23(16)25)34(32,33)29-20-5-3-4-19(12-20)24(31)28-17(2)18-7-9-21(10-8-18)30-15-26-14-27-30/h3-15,17,29H,1-2H3,(H,28,31). The molecule has 2 N–H and O–H groups in total. The van der Waals surface area contributed by atoms with E-state index in [-0.39, 0.29) is 28.1 Å². The van der Waals surface area contributed by atoms with Gasteiger partial charge in [0, 0.05) is 11.3 Å². The molecule has 1 amide bonds. The molecular weight excluding hydrogens is 457 g/mol. The summed E-state index contributed by atoms with van der Waals surface area (Å²) >= 11 is 0. The van der Waals surface area contributed by atoms with Crippen LogP contribution in [0.5, 0.6) is 0 Å². The lowest BCUT2D eigenvalue weighted by Crippen LogP contribution is -2.26. The summed E-state index contributed by atoms with van der Waals surface area (Å²) < 4.78 is 43.1. The molecule has 0 radical (unpaired) electrons. The van der Waals surface area contributed by atoms with Crippen LogP contribution in [0.2, 0.25) is 0 Å². The second-order valence-electron chi connectivity index (χ2n) is 7.72. The van der Waals surface area contributed by atoms with Crippen LogP contribution in [0.1, 0.15) is 34.5 Å². The molecule has 4 rings (SSSR count). The first-order valence-corrected chi connectivity index (χ1v) is 11.9. The third-order valence-electron chi connectivity index (χ3n) is 5.25. The molecule has 174 valence electrons. The number of benzene rings is 3. The average molecular weight is 480 g/mol. The predicted octanol–water partition coefficient (Wildman–Crippen LogP) is 4.01. The Balaban J connectivity index is 1.45. The number of sulfonamides is 1. The second-order valence-corrected chi connectivity index (χ2v) is 9.41. The number of carbonyl (C=O) groups excluding carboxylic acids is 1. The lowest BCUT2D eigenvalue weighted by Gasteiger charge is -2.16. The summed E-state index contributed by atoms with van der Waals surface area (Å²) in [4.78, 5) is 16.5. The fourth-order valence-electron chi connectivity index (χ4n) is 3.30. The summed E-state index contributed by atoms with van der Waals surface area (Å²) in [5, 5.41) is 6.98. The highest BCUT2D eigenvalue weighted by atomic mass is 32.2. The minimum Gasteiger partial charge on any atom is -0.346 e. The number of hydrogen-bond donors (Lipinski definition) is 2. The van der Waals surface area contributed by atoms with Gasteiger partial charge in [0.15, 0.2) is 0 Å². The van der Waals surface area contributed by atoms with E-state index < -0.39 is 15.8 Å². The minimum atomic E-state index is -4.02. The van der Waals surface area contributed by atoms with Crippen molar-refractivity contribution in [2.75, 3.05) is 4.72 Å². The van der Waals surface area contributed by atoms with Crippen molar-refractivity contribution in [3.63, 3.8) is 0 Å². The molecule has 4 aromatic rings. The number of hydrogen-bond acceptors (Lipinski definition) is 5. The Kier molecular flexibility index (Phi) is 6.42. The van der Waals surface area contributed by atoms with Gasteiger partial charge in [-0.1, -0.05) is 24.3 Å². The summed E-state index contributed by atoms with van der Waals surface area (Å²) in [7, 11) is -4.02. The van der Waals surface area contributed by atoms with Gasteiger partial charge in [-0.3, -0.25) is 9.52 Å². The molecule has 34 heavy (non-hydrogen) atoms. The molecule has 8 nitrogen and oxygen atoms in total. The summed E-state index contributed by atoms with van der Waals surface area (Å²) in [6.45, 7) is 3.40. The molecule has 0 bridgehead atoms. The van der Waals surface area contributed by atoms with Gasteiger partial charge < -0.3 is 5.32 Å². The second kappa shape index (κ2) is 9.44. The summed E-state index contributed by atoms with van der Waals surface area (Å²) in [6.07, 6.45) is 3.04. The zero-order chi connectivity index (χ0) is 24.3. The van der Waals surface area contributed by atoms with Crippen molar-refractivity contribution in [3.05, 3.63) is 102 Å². The molecule has 3 aromatic carbocycles. The largest absolute Gasteiger partial charge is 0.346 e. The van der Waals surface area contributed by atoms with Gasteiger partial charge in [0.1, 0.15) is 18.5 Å². The maximum absolute atomic E-state index is 13.8. The van der Waals surface area contributed by atoms with E-state index in [0.717, 1.165) is 17.3 Å². The fraction of sp³-hybridized carbons (Fsp3) is 0.125. The maximum atomic E-state index is 13.8. The molecule has 0 aliphatic carbocycles. The van der Waals surface area contributed by atoms with Crippen molar-refractivity contribution >= 4 is 21.6 Å². The number of aromatic nitrogens is 3. The quantitative estimate of drug-likeness (QED) is 0.417. The number of anilines is 1. The van der Waals surface area contributed by atoms with E-state index in [4.69, 9.17) is 0 Å². The highest BCUT2D eigenvalue weighted by molar-refractivity contribution is 7.92. The third kappa shape index (κ3) is 5.12. The van der Waals surface area contributed by atoms with Crippen molar-refractivity contribution in [2.24, 2.45) is 0 Å². The van der Waals surface area contributed by atoms with Crippen molar-refractivity contribution in [1.29, 1.82) is 0 Å². The molecule has 10 heteroatoms. The SMILES string of the molecule is Cc1ccc(S(=O)(=O)Nc2cccc(C(=O)NC(C)c3ccc(-n4cncn4)cc3)c2)cc1F. The van der Waals surface area contributed by atoms with Gasteiger partial charge >= 0.3 is 0 Å². The Morgan fingerprint density at radius 3 is 2.50 bits per heavy atom. The van der Waals surface area contributed by atoms with E-state index in [1.165, 1.54) is 30.6 Å². The molecule has 0 aliphatic heterocycles. The van der Waals surface area contributed by atoms with Crippen LogP contribution in [0.3, 0.4) is 0 Å². The average Bonchev–Trinajstić information content (AvgIpc) is 3.36. The van der Waals surface area contributed by atoms with Crippen LogP contribution in [0.25, 0.3) is 5.69 Å². The Hall–Kier alpha value is -4.05. The number of nitrogens with one attached hydrogen (secondary N) is 2. The van der Waals surface area contributed by atoms with Gasteiger partial charge in [0.2, 0.25) is 0 Å². The number of aryl methyl sites for hydroxylation is 1. The number of amides is 1. The van der Waals surface area contributed by atoms with Crippen LogP contribution in [0.15, 0.2) is 84.3 Å². The van der Waals surface area contributed by atoms with Crippen molar-refractivity contribution in [3.8, 4) is 5.69 Å². The van der Waals surface area contributed by atoms with Crippen LogP contribution in [-0.4, -0.2) is 29.1 Å². The maximum Gasteiger partial charge on any atom is 0.261 e. The fourth-order valence-corrected chi connectivity index (χ4v) is 4.36. The van der Waals surface area contributed by atoms with Gasteiger partial charge in [-0.15, -0.1) is 0 Å². The number of nitrogens with zero attached hydrogens (tertiary/aromatic N) is 3. The Morgan fingerprint density at radius 1 is 1.06 bits per heavy atom. The number of halogens is 1. The smallest absolute Gasteiger partial charge is 0.261 e. The zero-order valence-corrected chi connectivity index (χ0v) is 19.3. The predicted molar refractivity (Wildman–Crippen MR) is 126 cm³/mol. The highest BCUT2D eigenvalue weighted by Gasteiger charge is 2.17. The minimum absolute atomic E-state index is 0.193. The van der Waals surface area contributed by atoms with Gasteiger partial charge in [-0.05, 0) is 67.4 Å². The van der Waals surface area contributed by atoms with Gasteiger partial charge in [0.25, 0.3) is 15.9 Å². The van der Waals surface area contributed by atoms with E-state index in [0.29, 0.717) is 5.56 Å². The molecule has 0 fully saturated rings. The van der Waals surface area contributed by atoms with E-state index in [9.17, 15) is 17.6 Å². The molecule has 0 saturated heterocycles. The van der Waals surface area contributed by atoms with Crippen LogP contribution in [-0.2, 0) is 10.0 Å². The molecule has 1 unspecified atom stereocenters. The Morgan fingerprint density at radius 2 is 1.82 bits per heavy atom. The van der Waals surface area contributed by atoms with E-state index in [2.05, 4.69) is 20.1 Å². The Bertz CT molecular complexity index is 1420. The first-order chi connectivity index (χ1) is 16.2. The third-order valence-corrected chi connectivity index (χ3v) is 6.63. The first-order valence-electron chi connectivity index (χ1n) is 10.4. The van der Waals surface area contributed by atoms with Crippen molar-refractivity contribution in [1.82, 2.24) is 20.1 Å². The van der Waals surface area contributed by atoms with Crippen LogP contribution >= 0.6 is 0 Å². The van der Waals surface area contributed by atoms with E-state index in [1.807, 2.05) is 31.2 Å². The van der Waals surface area contributed by atoms with E-state index >= 15 is 0 Å². The molecule has 1 atom stereocenters. The van der Waals surface area contributed by atoms with Gasteiger partial charge in [-0.2, -0.15) is 5.10 Å². The van der Waals surface area contributed by atoms with Gasteiger partial charge in [-0.25, -0.2) is 22.5 Å². The number of rotatable bonds is 7. The molecule has 0 saturated carbocycles. The van der Waals surface area contributed by atoms with E-state index in [1.54, 1.807) is 30.1 Å². The van der Waals surface area contributed by atoms with Gasteiger partial charge in [0.05, 0.1) is 16.6 Å². The lowest BCUT2D eigenvalue weighted by atomic mass is 10.1. The summed E-state index contributed by atoms with van der Waals surface area (Å²) in [5.74, 6) is -0.977. The summed E-state index contributed by atoms with van der Waals surface area (Å²) in [5.41, 5.74) is 2.54. The lowest BCUT2D eigenvalue weighted by molar-refractivity contribution is 0.0940. The molecule has 1 heterocycles. The number of carbonyl (C=O) groups is 1. The van der Waals surface area contributed by atoms with Crippen LogP contribution in [0.4, 0.5) is 10.1 Å². The van der Waals surface area contributed by atoms with Crippen molar-refractivity contribution < 1.29 is 17.6 Å². The normalized spacial score (nSPS) is 12.2. The zero-order valence-electron chi connectivity index (χ0n) is 18.4. The molecule has 0 spiro atoms. The van der Waals surface area contributed by atoms with Crippen molar-refractivity contribution in [2.45, 2.75) is 24.8 Å². The molecular formula is C24H22FN5O3S. The van der Waals surface area contributed by atoms with Crippen LogP contribution < -0.4 is 10.0 Å². The topological polar surface area (TPSA) is 106 Å². The monoisotopic (exact) mass is 479 g/mol. The molecule has 0 aliphatic rings. The van der Waals surface area contributed by atoms with Crippen LogP contribution in [0, 0.1) is 12.7 Å². The summed E-state index contributed by atoms with van der Waals surface area (Å²) in [6, 6.07) is 17.0. The highest BCUT2D eigenvalue weighted by Crippen LogP contribution is 2.20. The molecule has 1 aromatic heterocycles. The first kappa shape index (κ1) is 23.1. The Labute approximate surface area is 196 Å².